The number of esters is 1. The molecule has 0 bridgehead atoms. The summed E-state index contributed by atoms with van der Waals surface area (Å²) in [6.45, 7) is -0.190. The monoisotopic (exact) mass is 350 g/mol. The number of hydrogen-bond acceptors (Lipinski definition) is 3. The topological polar surface area (TPSA) is 43.4 Å². The summed E-state index contributed by atoms with van der Waals surface area (Å²) in [6.07, 6.45) is 13.1. The summed E-state index contributed by atoms with van der Waals surface area (Å²) in [7, 11) is 0.751. The van der Waals surface area contributed by atoms with Crippen molar-refractivity contribution < 1.29 is 18.1 Å². The number of carbonyl (C=O) groups is 1. The van der Waals surface area contributed by atoms with E-state index in [-0.39, 0.29) is 12.6 Å². The van der Waals surface area contributed by atoms with Gasteiger partial charge in [-0.15, -0.1) is 0 Å². The molecule has 3 nitrogen and oxygen atoms in total. The van der Waals surface area contributed by atoms with Crippen LogP contribution in [0.5, 0.6) is 0 Å². The molecule has 1 atom stereocenters. The molecule has 0 aromatic carbocycles. The van der Waals surface area contributed by atoms with E-state index in [1.807, 2.05) is 0 Å². The van der Waals surface area contributed by atoms with Crippen LogP contribution >= 0.6 is 0 Å². The standard InChI is InChI=1S/C18H35FO3S/c1-22-18(20)14-10-6-5-9-13-17-23(21)16-12-8-4-2-3-7-11-15-19/h2-17H2,1H3. The molecule has 138 valence electrons. The molecule has 0 aromatic heterocycles. The summed E-state index contributed by atoms with van der Waals surface area (Å²) >= 11 is 0. The largest absolute Gasteiger partial charge is 0.469 e. The van der Waals surface area contributed by atoms with Gasteiger partial charge in [0.1, 0.15) is 0 Å². The molecule has 0 fully saturated rings. The predicted octanol–water partition coefficient (Wildman–Crippen LogP) is 4.95. The highest BCUT2D eigenvalue weighted by Gasteiger charge is 2.02. The molecular weight excluding hydrogens is 315 g/mol. The quantitative estimate of drug-likeness (QED) is 0.275. The summed E-state index contributed by atoms with van der Waals surface area (Å²) in [6, 6.07) is 0. The van der Waals surface area contributed by atoms with Crippen molar-refractivity contribution in [3.05, 3.63) is 0 Å². The SMILES string of the molecule is COC(=O)CCCCCCCS(=O)CCCCCCCCCF. The Kier molecular flexibility index (Phi) is 17.5. The summed E-state index contributed by atoms with van der Waals surface area (Å²) in [5.74, 6) is 1.51. The van der Waals surface area contributed by atoms with Crippen LogP contribution in [-0.2, 0) is 20.3 Å². The second-order valence-electron chi connectivity index (χ2n) is 6.11. The van der Waals surface area contributed by atoms with Crippen molar-refractivity contribution in [2.75, 3.05) is 25.3 Å². The molecular formula is C18H35FO3S. The molecule has 0 aliphatic rings. The van der Waals surface area contributed by atoms with Gasteiger partial charge in [0.15, 0.2) is 0 Å². The van der Waals surface area contributed by atoms with Gasteiger partial charge in [-0.05, 0) is 25.7 Å². The van der Waals surface area contributed by atoms with Crippen LogP contribution in [0.25, 0.3) is 0 Å². The van der Waals surface area contributed by atoms with Crippen LogP contribution in [0.15, 0.2) is 0 Å². The fourth-order valence-electron chi connectivity index (χ4n) is 2.51. The summed E-state index contributed by atoms with van der Waals surface area (Å²) in [5, 5.41) is 0. The Labute approximate surface area is 144 Å². The molecule has 0 rings (SSSR count). The number of methoxy groups -OCH3 is 1. The first-order chi connectivity index (χ1) is 11.2. The second-order valence-corrected chi connectivity index (χ2v) is 7.80. The van der Waals surface area contributed by atoms with E-state index in [9.17, 15) is 13.4 Å². The minimum absolute atomic E-state index is 0.131. The van der Waals surface area contributed by atoms with Crippen molar-refractivity contribution in [3.63, 3.8) is 0 Å². The molecule has 5 heteroatoms. The van der Waals surface area contributed by atoms with Crippen LogP contribution in [0.2, 0.25) is 0 Å². The number of unbranched alkanes of at least 4 members (excludes halogenated alkanes) is 10. The van der Waals surface area contributed by atoms with Gasteiger partial charge < -0.3 is 4.74 Å². The number of hydrogen-bond donors (Lipinski definition) is 0. The number of halogens is 1. The third-order valence-corrected chi connectivity index (χ3v) is 5.47. The zero-order valence-electron chi connectivity index (χ0n) is 14.8. The smallest absolute Gasteiger partial charge is 0.305 e. The van der Waals surface area contributed by atoms with Gasteiger partial charge in [-0.1, -0.05) is 51.4 Å². The molecule has 0 N–H and O–H groups in total. The molecule has 1 unspecified atom stereocenters. The van der Waals surface area contributed by atoms with Crippen molar-refractivity contribution in [1.29, 1.82) is 0 Å². The van der Waals surface area contributed by atoms with Crippen molar-refractivity contribution >= 4 is 16.8 Å². The summed E-state index contributed by atoms with van der Waals surface area (Å²) in [4.78, 5) is 10.9. The maximum absolute atomic E-state index is 11.9. The van der Waals surface area contributed by atoms with Crippen LogP contribution in [-0.4, -0.2) is 35.5 Å². The van der Waals surface area contributed by atoms with Crippen LogP contribution in [0.1, 0.15) is 83.5 Å². The van der Waals surface area contributed by atoms with E-state index in [2.05, 4.69) is 4.74 Å². The molecule has 0 spiro atoms. The first-order valence-corrected chi connectivity index (χ1v) is 10.7. The van der Waals surface area contributed by atoms with Gasteiger partial charge >= 0.3 is 5.97 Å². The van der Waals surface area contributed by atoms with Crippen molar-refractivity contribution in [1.82, 2.24) is 0 Å². The Morgan fingerprint density at radius 3 is 1.70 bits per heavy atom. The Morgan fingerprint density at radius 2 is 1.22 bits per heavy atom. The molecule has 0 heterocycles. The van der Waals surface area contributed by atoms with Gasteiger partial charge in [0.2, 0.25) is 0 Å². The van der Waals surface area contributed by atoms with E-state index in [0.29, 0.717) is 12.8 Å². The minimum Gasteiger partial charge on any atom is -0.469 e. The molecule has 0 aromatic rings. The third-order valence-electron chi connectivity index (χ3n) is 3.99. The normalized spacial score (nSPS) is 12.3. The van der Waals surface area contributed by atoms with E-state index in [1.54, 1.807) is 0 Å². The van der Waals surface area contributed by atoms with Crippen LogP contribution in [0, 0.1) is 0 Å². The Balaban J connectivity index is 3.20. The molecule has 0 saturated heterocycles. The fourth-order valence-corrected chi connectivity index (χ4v) is 3.76. The second kappa shape index (κ2) is 17.9. The van der Waals surface area contributed by atoms with E-state index >= 15 is 0 Å². The first kappa shape index (κ1) is 22.6. The lowest BCUT2D eigenvalue weighted by atomic mass is 10.1. The molecule has 0 aliphatic carbocycles. The van der Waals surface area contributed by atoms with Gasteiger partial charge in [-0.25, -0.2) is 0 Å². The maximum atomic E-state index is 11.9. The van der Waals surface area contributed by atoms with E-state index < -0.39 is 10.8 Å². The Bertz CT molecular complexity index is 298. The van der Waals surface area contributed by atoms with Crippen molar-refractivity contribution in [2.45, 2.75) is 83.5 Å². The summed E-state index contributed by atoms with van der Waals surface area (Å²) < 4.78 is 28.3. The molecule has 0 radical (unpaired) electrons. The highest BCUT2D eigenvalue weighted by atomic mass is 32.2. The molecule has 0 saturated carbocycles. The van der Waals surface area contributed by atoms with Crippen molar-refractivity contribution in [2.24, 2.45) is 0 Å². The molecule has 23 heavy (non-hydrogen) atoms. The Morgan fingerprint density at radius 1 is 0.783 bits per heavy atom. The lowest BCUT2D eigenvalue weighted by Crippen LogP contribution is -2.03. The average molecular weight is 351 g/mol. The van der Waals surface area contributed by atoms with Crippen LogP contribution < -0.4 is 0 Å². The van der Waals surface area contributed by atoms with Gasteiger partial charge in [0.05, 0.1) is 13.8 Å². The van der Waals surface area contributed by atoms with E-state index in [0.717, 1.165) is 69.3 Å². The van der Waals surface area contributed by atoms with Crippen LogP contribution in [0.3, 0.4) is 0 Å². The molecule has 0 amide bonds. The Hall–Kier alpha value is -0.450. The van der Waals surface area contributed by atoms with Crippen LogP contribution in [0.4, 0.5) is 4.39 Å². The zero-order valence-corrected chi connectivity index (χ0v) is 15.6. The van der Waals surface area contributed by atoms with Crippen molar-refractivity contribution in [3.8, 4) is 0 Å². The fraction of sp³-hybridized carbons (Fsp3) is 0.944. The lowest BCUT2D eigenvalue weighted by Gasteiger charge is -2.04. The highest BCUT2D eigenvalue weighted by Crippen LogP contribution is 2.09. The third kappa shape index (κ3) is 17.7. The number of rotatable bonds is 17. The lowest BCUT2D eigenvalue weighted by molar-refractivity contribution is -0.140. The number of ether oxygens (including phenoxy) is 1. The van der Waals surface area contributed by atoms with Gasteiger partial charge in [-0.3, -0.25) is 13.4 Å². The number of alkyl halides is 1. The highest BCUT2D eigenvalue weighted by molar-refractivity contribution is 7.84. The zero-order chi connectivity index (χ0) is 17.2. The summed E-state index contributed by atoms with van der Waals surface area (Å²) in [5.41, 5.74) is 0. The average Bonchev–Trinajstić information content (AvgIpc) is 2.56. The first-order valence-electron chi connectivity index (χ1n) is 9.18. The molecule has 0 aliphatic heterocycles. The van der Waals surface area contributed by atoms with Gasteiger partial charge in [-0.2, -0.15) is 0 Å². The minimum atomic E-state index is -0.670. The number of carbonyl (C=O) groups excluding carboxylic acids is 1. The predicted molar refractivity (Wildman–Crippen MR) is 95.9 cm³/mol. The van der Waals surface area contributed by atoms with Gasteiger partial charge in [0.25, 0.3) is 0 Å². The maximum Gasteiger partial charge on any atom is 0.305 e. The van der Waals surface area contributed by atoms with E-state index in [4.69, 9.17) is 0 Å². The van der Waals surface area contributed by atoms with Gasteiger partial charge in [0, 0.05) is 28.7 Å². The van der Waals surface area contributed by atoms with E-state index in [1.165, 1.54) is 20.0 Å².